The number of anilines is 1. The van der Waals surface area contributed by atoms with Gasteiger partial charge in [0.15, 0.2) is 0 Å². The van der Waals surface area contributed by atoms with Crippen LogP contribution in [0, 0.1) is 11.3 Å². The van der Waals surface area contributed by atoms with Gasteiger partial charge in [-0.1, -0.05) is 13.0 Å². The summed E-state index contributed by atoms with van der Waals surface area (Å²) in [6.45, 7) is 2.96. The topological polar surface area (TPSA) is 45.0 Å². The third kappa shape index (κ3) is 2.85. The fourth-order valence-electron chi connectivity index (χ4n) is 2.69. The summed E-state index contributed by atoms with van der Waals surface area (Å²) in [5, 5.41) is 12.4. The average Bonchev–Trinajstić information content (AvgIpc) is 3.00. The van der Waals surface area contributed by atoms with Crippen molar-refractivity contribution in [3.63, 3.8) is 0 Å². The van der Waals surface area contributed by atoms with Crippen LogP contribution in [0.15, 0.2) is 42.5 Å². The Morgan fingerprint density at radius 3 is 2.76 bits per heavy atom. The lowest BCUT2D eigenvalue weighted by Gasteiger charge is -2.19. The summed E-state index contributed by atoms with van der Waals surface area (Å²) in [7, 11) is 0. The van der Waals surface area contributed by atoms with E-state index in [1.165, 1.54) is 11.1 Å². The molecule has 0 aliphatic carbocycles. The van der Waals surface area contributed by atoms with Crippen LogP contribution in [-0.2, 0) is 6.42 Å². The number of hydrogen-bond acceptors (Lipinski definition) is 3. The highest BCUT2D eigenvalue weighted by atomic mass is 16.5. The molecule has 1 aliphatic heterocycles. The molecule has 0 saturated carbocycles. The summed E-state index contributed by atoms with van der Waals surface area (Å²) in [5.74, 6) is 1.02. The standard InChI is InChI=1S/C18H18N2O/c1-2-17(20-16-6-3-13(12-19)4-7-16)14-5-8-18-15(11-14)9-10-21-18/h3-8,11,17,20H,2,9-10H2,1H3. The lowest BCUT2D eigenvalue weighted by atomic mass is 10.0. The molecule has 0 amide bonds. The molecule has 106 valence electrons. The van der Waals surface area contributed by atoms with Crippen LogP contribution in [0.1, 0.15) is 36.1 Å². The fraction of sp³-hybridized carbons (Fsp3) is 0.278. The lowest BCUT2D eigenvalue weighted by molar-refractivity contribution is 0.357. The van der Waals surface area contributed by atoms with E-state index in [-0.39, 0.29) is 6.04 Å². The number of rotatable bonds is 4. The second kappa shape index (κ2) is 5.88. The minimum absolute atomic E-state index is 0.267. The SMILES string of the molecule is CCC(Nc1ccc(C#N)cc1)c1ccc2c(c1)CCO2. The van der Waals surface area contributed by atoms with E-state index in [0.29, 0.717) is 5.56 Å². The third-order valence-corrected chi connectivity index (χ3v) is 3.88. The van der Waals surface area contributed by atoms with Gasteiger partial charge in [-0.05, 0) is 53.9 Å². The van der Waals surface area contributed by atoms with E-state index in [2.05, 4.69) is 36.5 Å². The van der Waals surface area contributed by atoms with Crippen molar-refractivity contribution in [3.8, 4) is 11.8 Å². The maximum atomic E-state index is 8.84. The summed E-state index contributed by atoms with van der Waals surface area (Å²) in [5.41, 5.74) is 4.31. The van der Waals surface area contributed by atoms with E-state index in [1.807, 2.05) is 24.3 Å². The van der Waals surface area contributed by atoms with Crippen LogP contribution in [0.2, 0.25) is 0 Å². The van der Waals surface area contributed by atoms with Crippen molar-refractivity contribution >= 4 is 5.69 Å². The van der Waals surface area contributed by atoms with E-state index < -0.39 is 0 Å². The highest BCUT2D eigenvalue weighted by Crippen LogP contribution is 2.30. The monoisotopic (exact) mass is 278 g/mol. The minimum Gasteiger partial charge on any atom is -0.493 e. The van der Waals surface area contributed by atoms with Crippen molar-refractivity contribution in [2.45, 2.75) is 25.8 Å². The van der Waals surface area contributed by atoms with Gasteiger partial charge in [-0.3, -0.25) is 0 Å². The molecule has 3 heteroatoms. The van der Waals surface area contributed by atoms with Crippen LogP contribution in [0.3, 0.4) is 0 Å². The normalized spacial score (nSPS) is 13.9. The Morgan fingerprint density at radius 1 is 1.24 bits per heavy atom. The van der Waals surface area contributed by atoms with Crippen molar-refractivity contribution < 1.29 is 4.74 Å². The molecule has 0 aromatic heterocycles. The highest BCUT2D eigenvalue weighted by Gasteiger charge is 2.16. The molecular formula is C18H18N2O. The van der Waals surface area contributed by atoms with Crippen LogP contribution >= 0.6 is 0 Å². The first-order valence-corrected chi connectivity index (χ1v) is 7.32. The van der Waals surface area contributed by atoms with Crippen LogP contribution < -0.4 is 10.1 Å². The van der Waals surface area contributed by atoms with Gasteiger partial charge in [-0.25, -0.2) is 0 Å². The smallest absolute Gasteiger partial charge is 0.122 e. The zero-order valence-corrected chi connectivity index (χ0v) is 12.1. The molecular weight excluding hydrogens is 260 g/mol. The summed E-state index contributed by atoms with van der Waals surface area (Å²) in [6, 6.07) is 16.4. The Labute approximate surface area is 125 Å². The molecule has 0 spiro atoms. The lowest BCUT2D eigenvalue weighted by Crippen LogP contribution is -2.09. The van der Waals surface area contributed by atoms with Gasteiger partial charge in [0.2, 0.25) is 0 Å². The number of hydrogen-bond donors (Lipinski definition) is 1. The van der Waals surface area contributed by atoms with Crippen molar-refractivity contribution in [2.75, 3.05) is 11.9 Å². The van der Waals surface area contributed by atoms with Gasteiger partial charge < -0.3 is 10.1 Å². The summed E-state index contributed by atoms with van der Waals surface area (Å²) >= 11 is 0. The van der Waals surface area contributed by atoms with Crippen molar-refractivity contribution in [1.29, 1.82) is 5.26 Å². The van der Waals surface area contributed by atoms with Gasteiger partial charge in [0.1, 0.15) is 5.75 Å². The predicted molar refractivity (Wildman–Crippen MR) is 83.5 cm³/mol. The molecule has 0 fully saturated rings. The van der Waals surface area contributed by atoms with Crippen LogP contribution in [-0.4, -0.2) is 6.61 Å². The zero-order chi connectivity index (χ0) is 14.7. The van der Waals surface area contributed by atoms with Gasteiger partial charge in [0.05, 0.1) is 24.3 Å². The Morgan fingerprint density at radius 2 is 2.05 bits per heavy atom. The second-order valence-electron chi connectivity index (χ2n) is 5.26. The maximum Gasteiger partial charge on any atom is 0.122 e. The number of benzene rings is 2. The molecule has 1 aliphatic rings. The van der Waals surface area contributed by atoms with Crippen LogP contribution in [0.4, 0.5) is 5.69 Å². The van der Waals surface area contributed by atoms with Crippen molar-refractivity contribution in [2.24, 2.45) is 0 Å². The first kappa shape index (κ1) is 13.5. The van der Waals surface area contributed by atoms with E-state index in [1.54, 1.807) is 0 Å². The highest BCUT2D eigenvalue weighted by molar-refractivity contribution is 5.50. The Kier molecular flexibility index (Phi) is 3.79. The molecule has 1 N–H and O–H groups in total. The molecule has 0 radical (unpaired) electrons. The number of nitrogens with zero attached hydrogens (tertiary/aromatic N) is 1. The predicted octanol–water partition coefficient (Wildman–Crippen LogP) is 4.06. The average molecular weight is 278 g/mol. The van der Waals surface area contributed by atoms with Crippen LogP contribution in [0.5, 0.6) is 5.75 Å². The number of fused-ring (bicyclic) bond motifs is 1. The molecule has 2 aromatic rings. The fourth-order valence-corrected chi connectivity index (χ4v) is 2.69. The number of nitriles is 1. The molecule has 0 saturated heterocycles. The van der Waals surface area contributed by atoms with Gasteiger partial charge in [-0.15, -0.1) is 0 Å². The van der Waals surface area contributed by atoms with E-state index >= 15 is 0 Å². The van der Waals surface area contributed by atoms with Crippen LogP contribution in [0.25, 0.3) is 0 Å². The summed E-state index contributed by atoms with van der Waals surface area (Å²) < 4.78 is 5.56. The van der Waals surface area contributed by atoms with Gasteiger partial charge in [0.25, 0.3) is 0 Å². The molecule has 3 nitrogen and oxygen atoms in total. The van der Waals surface area contributed by atoms with Gasteiger partial charge in [0, 0.05) is 12.1 Å². The van der Waals surface area contributed by atoms with Crippen molar-refractivity contribution in [1.82, 2.24) is 0 Å². The van der Waals surface area contributed by atoms with Gasteiger partial charge in [-0.2, -0.15) is 5.26 Å². The molecule has 3 rings (SSSR count). The molecule has 1 heterocycles. The maximum absolute atomic E-state index is 8.84. The quantitative estimate of drug-likeness (QED) is 0.917. The third-order valence-electron chi connectivity index (χ3n) is 3.88. The molecule has 0 bridgehead atoms. The summed E-state index contributed by atoms with van der Waals surface area (Å²) in [4.78, 5) is 0. The van der Waals surface area contributed by atoms with Gasteiger partial charge >= 0.3 is 0 Å². The van der Waals surface area contributed by atoms with E-state index in [4.69, 9.17) is 10.00 Å². The Bertz CT molecular complexity index is 671. The molecule has 2 aromatic carbocycles. The molecule has 21 heavy (non-hydrogen) atoms. The van der Waals surface area contributed by atoms with E-state index in [0.717, 1.165) is 30.9 Å². The largest absolute Gasteiger partial charge is 0.493 e. The minimum atomic E-state index is 0.267. The Hall–Kier alpha value is -2.47. The second-order valence-corrected chi connectivity index (χ2v) is 5.26. The van der Waals surface area contributed by atoms with Crippen molar-refractivity contribution in [3.05, 3.63) is 59.2 Å². The first-order valence-electron chi connectivity index (χ1n) is 7.32. The molecule has 1 unspecified atom stereocenters. The first-order chi connectivity index (χ1) is 10.3. The Balaban J connectivity index is 1.79. The number of nitrogens with one attached hydrogen (secondary N) is 1. The number of ether oxygens (including phenoxy) is 1. The van der Waals surface area contributed by atoms with E-state index in [9.17, 15) is 0 Å². The zero-order valence-electron chi connectivity index (χ0n) is 12.1. The molecule has 1 atom stereocenters. The summed E-state index contributed by atoms with van der Waals surface area (Å²) in [6.07, 6.45) is 2.00.